The highest BCUT2D eigenvalue weighted by molar-refractivity contribution is 6.05. The van der Waals surface area contributed by atoms with E-state index < -0.39 is 5.41 Å². The molecule has 4 N–H and O–H groups in total. The molecule has 5 nitrogen and oxygen atoms in total. The van der Waals surface area contributed by atoms with Crippen LogP contribution in [0.5, 0.6) is 0 Å². The van der Waals surface area contributed by atoms with Gasteiger partial charge in [-0.3, -0.25) is 4.79 Å². The summed E-state index contributed by atoms with van der Waals surface area (Å²) in [5.74, 6) is -0.335. The fourth-order valence-electron chi connectivity index (χ4n) is 1.75. The molecule has 1 amide bonds. The molecular formula is C15H23N3O2. The highest BCUT2D eigenvalue weighted by atomic mass is 16.4. The molecule has 1 unspecified atom stereocenters. The second-order valence-electron chi connectivity index (χ2n) is 5.51. The van der Waals surface area contributed by atoms with Crippen LogP contribution in [0.2, 0.25) is 0 Å². The number of aryl methyl sites for hydroxylation is 1. The maximum atomic E-state index is 12.1. The minimum atomic E-state index is -1.02. The van der Waals surface area contributed by atoms with E-state index in [0.717, 1.165) is 12.8 Å². The van der Waals surface area contributed by atoms with Crippen LogP contribution in [0, 0.1) is 5.41 Å². The Bertz CT molecular complexity index is 469. The smallest absolute Gasteiger partial charge is 0.233 e. The van der Waals surface area contributed by atoms with Gasteiger partial charge >= 0.3 is 0 Å². The molecule has 20 heavy (non-hydrogen) atoms. The number of carbonyl (C=O) groups excluding carboxylic acids is 1. The van der Waals surface area contributed by atoms with Gasteiger partial charge in [-0.15, -0.1) is 0 Å². The first kappa shape index (κ1) is 16.0. The summed E-state index contributed by atoms with van der Waals surface area (Å²) in [7, 11) is 0. The fourth-order valence-corrected chi connectivity index (χ4v) is 1.75. The third-order valence-corrected chi connectivity index (χ3v) is 3.40. The summed E-state index contributed by atoms with van der Waals surface area (Å²) >= 11 is 0. The van der Waals surface area contributed by atoms with E-state index in [2.05, 4.69) is 22.6 Å². The van der Waals surface area contributed by atoms with Gasteiger partial charge in [0, 0.05) is 6.04 Å². The summed E-state index contributed by atoms with van der Waals surface area (Å²) in [5, 5.41) is 14.5. The topological polar surface area (TPSA) is 87.7 Å². The van der Waals surface area contributed by atoms with Crippen LogP contribution >= 0.6 is 0 Å². The van der Waals surface area contributed by atoms with E-state index in [0.29, 0.717) is 0 Å². The average Bonchev–Trinajstić information content (AvgIpc) is 2.45. The molecule has 0 saturated carbocycles. The maximum Gasteiger partial charge on any atom is 0.233 e. The van der Waals surface area contributed by atoms with Gasteiger partial charge in [0.1, 0.15) is 5.41 Å². The third kappa shape index (κ3) is 4.26. The monoisotopic (exact) mass is 277 g/mol. The Hall–Kier alpha value is -2.04. The van der Waals surface area contributed by atoms with Crippen LogP contribution in [-0.4, -0.2) is 23.0 Å². The third-order valence-electron chi connectivity index (χ3n) is 3.40. The number of nitrogens with one attached hydrogen (secondary N) is 1. The lowest BCUT2D eigenvalue weighted by atomic mass is 9.90. The Morgan fingerprint density at radius 2 is 2.00 bits per heavy atom. The standard InChI is InChI=1S/C15H23N3O2/c1-11(9-10-12-7-5-4-6-8-12)17-14(19)15(2,3)13(16)18-20/h4-8,11,20H,9-10H2,1-3H3,(H2,16,18)(H,17,19). The molecular weight excluding hydrogens is 254 g/mol. The lowest BCUT2D eigenvalue weighted by molar-refractivity contribution is -0.127. The molecule has 0 saturated heterocycles. The number of nitrogens with zero attached hydrogens (tertiary/aromatic N) is 1. The summed E-state index contributed by atoms with van der Waals surface area (Å²) < 4.78 is 0. The van der Waals surface area contributed by atoms with Crippen LogP contribution < -0.4 is 11.1 Å². The van der Waals surface area contributed by atoms with E-state index in [1.54, 1.807) is 13.8 Å². The second-order valence-corrected chi connectivity index (χ2v) is 5.51. The summed E-state index contributed by atoms with van der Waals surface area (Å²) in [6, 6.07) is 10.1. The van der Waals surface area contributed by atoms with Gasteiger partial charge in [0.25, 0.3) is 0 Å². The Kier molecular flexibility index (Phi) is 5.55. The first-order valence-electron chi connectivity index (χ1n) is 6.70. The molecule has 0 aromatic heterocycles. The molecule has 0 fully saturated rings. The number of rotatable bonds is 6. The lowest BCUT2D eigenvalue weighted by Gasteiger charge is -2.24. The Balaban J connectivity index is 2.50. The average molecular weight is 277 g/mol. The summed E-state index contributed by atoms with van der Waals surface area (Å²) in [5.41, 5.74) is 5.75. The van der Waals surface area contributed by atoms with Crippen molar-refractivity contribution in [2.75, 3.05) is 0 Å². The Morgan fingerprint density at radius 1 is 1.40 bits per heavy atom. The molecule has 5 heteroatoms. The SMILES string of the molecule is CC(CCc1ccccc1)NC(=O)C(C)(C)C(N)=NO. The highest BCUT2D eigenvalue weighted by Gasteiger charge is 2.33. The van der Waals surface area contributed by atoms with E-state index in [-0.39, 0.29) is 17.8 Å². The molecule has 1 aromatic rings. The zero-order chi connectivity index (χ0) is 15.2. The number of amidine groups is 1. The van der Waals surface area contributed by atoms with Crippen molar-refractivity contribution in [3.05, 3.63) is 35.9 Å². The minimum absolute atomic E-state index is 0.0217. The molecule has 0 aliphatic heterocycles. The zero-order valence-electron chi connectivity index (χ0n) is 12.3. The van der Waals surface area contributed by atoms with Gasteiger partial charge in [-0.05, 0) is 39.2 Å². The molecule has 0 heterocycles. The van der Waals surface area contributed by atoms with Crippen molar-refractivity contribution in [3.8, 4) is 0 Å². The molecule has 1 atom stereocenters. The van der Waals surface area contributed by atoms with E-state index in [1.165, 1.54) is 5.56 Å². The molecule has 0 bridgehead atoms. The van der Waals surface area contributed by atoms with E-state index in [1.807, 2.05) is 25.1 Å². The fraction of sp³-hybridized carbons (Fsp3) is 0.467. The van der Waals surface area contributed by atoms with Crippen LogP contribution in [0.25, 0.3) is 0 Å². The van der Waals surface area contributed by atoms with Crippen LogP contribution in [0.15, 0.2) is 35.5 Å². The summed E-state index contributed by atoms with van der Waals surface area (Å²) in [6.07, 6.45) is 1.73. The summed E-state index contributed by atoms with van der Waals surface area (Å²) in [6.45, 7) is 5.20. The van der Waals surface area contributed by atoms with Crippen LogP contribution in [0.4, 0.5) is 0 Å². The number of benzene rings is 1. The molecule has 110 valence electrons. The van der Waals surface area contributed by atoms with Crippen molar-refractivity contribution < 1.29 is 10.0 Å². The predicted octanol–water partition coefficient (Wildman–Crippen LogP) is 1.90. The van der Waals surface area contributed by atoms with Gasteiger partial charge in [0.05, 0.1) is 0 Å². The van der Waals surface area contributed by atoms with E-state index >= 15 is 0 Å². The van der Waals surface area contributed by atoms with Crippen LogP contribution in [0.3, 0.4) is 0 Å². The molecule has 0 aliphatic carbocycles. The molecule has 0 aliphatic rings. The van der Waals surface area contributed by atoms with Crippen molar-refractivity contribution in [2.45, 2.75) is 39.7 Å². The Labute approximate surface area is 119 Å². The van der Waals surface area contributed by atoms with Crippen LogP contribution in [0.1, 0.15) is 32.8 Å². The van der Waals surface area contributed by atoms with Gasteiger partial charge in [0.15, 0.2) is 5.84 Å². The number of carbonyl (C=O) groups is 1. The first-order chi connectivity index (χ1) is 9.37. The zero-order valence-corrected chi connectivity index (χ0v) is 12.3. The largest absolute Gasteiger partial charge is 0.409 e. The molecule has 1 aromatic carbocycles. The quantitative estimate of drug-likeness (QED) is 0.321. The maximum absolute atomic E-state index is 12.1. The van der Waals surface area contributed by atoms with Crippen molar-refractivity contribution >= 4 is 11.7 Å². The minimum Gasteiger partial charge on any atom is -0.409 e. The number of oxime groups is 1. The predicted molar refractivity (Wildman–Crippen MR) is 79.6 cm³/mol. The highest BCUT2D eigenvalue weighted by Crippen LogP contribution is 2.16. The van der Waals surface area contributed by atoms with Crippen molar-refractivity contribution in [3.63, 3.8) is 0 Å². The van der Waals surface area contributed by atoms with Crippen molar-refractivity contribution in [1.82, 2.24) is 5.32 Å². The van der Waals surface area contributed by atoms with Gasteiger partial charge in [-0.25, -0.2) is 0 Å². The molecule has 0 radical (unpaired) electrons. The van der Waals surface area contributed by atoms with Gasteiger partial charge in [-0.2, -0.15) is 0 Å². The van der Waals surface area contributed by atoms with E-state index in [9.17, 15) is 4.79 Å². The van der Waals surface area contributed by atoms with Crippen molar-refractivity contribution in [2.24, 2.45) is 16.3 Å². The second kappa shape index (κ2) is 6.93. The van der Waals surface area contributed by atoms with Gasteiger partial charge in [0.2, 0.25) is 5.91 Å². The van der Waals surface area contributed by atoms with Gasteiger partial charge < -0.3 is 16.3 Å². The molecule has 0 spiro atoms. The molecule has 1 rings (SSSR count). The Morgan fingerprint density at radius 3 is 2.55 bits per heavy atom. The number of hydrogen-bond acceptors (Lipinski definition) is 3. The van der Waals surface area contributed by atoms with Gasteiger partial charge in [-0.1, -0.05) is 35.5 Å². The number of hydrogen-bond donors (Lipinski definition) is 3. The van der Waals surface area contributed by atoms with E-state index in [4.69, 9.17) is 10.9 Å². The number of nitrogens with two attached hydrogens (primary N) is 1. The van der Waals surface area contributed by atoms with Crippen LogP contribution in [-0.2, 0) is 11.2 Å². The normalized spacial score (nSPS) is 13.8. The number of amides is 1. The first-order valence-corrected chi connectivity index (χ1v) is 6.70. The lowest BCUT2D eigenvalue weighted by Crippen LogP contribution is -2.48. The summed E-state index contributed by atoms with van der Waals surface area (Å²) in [4.78, 5) is 12.1. The van der Waals surface area contributed by atoms with Crippen molar-refractivity contribution in [1.29, 1.82) is 0 Å².